The zero-order valence-corrected chi connectivity index (χ0v) is 11.3. The Morgan fingerprint density at radius 3 is 2.39 bits per heavy atom. The maximum atomic E-state index is 11.7. The first kappa shape index (κ1) is 13.8. The minimum atomic E-state index is -0.286. The molecule has 0 aliphatic heterocycles. The zero-order chi connectivity index (χ0) is 12.8. The molecule has 4 nitrogen and oxygen atoms in total. The van der Waals surface area contributed by atoms with Gasteiger partial charge in [0.1, 0.15) is 6.04 Å². The Kier molecular flexibility index (Phi) is 5.45. The van der Waals surface area contributed by atoms with Crippen LogP contribution in [0.1, 0.15) is 51.4 Å². The second kappa shape index (κ2) is 7.10. The summed E-state index contributed by atoms with van der Waals surface area (Å²) in [6.07, 6.45) is 10.1. The third-order valence-corrected chi connectivity index (χ3v) is 3.80. The van der Waals surface area contributed by atoms with Crippen molar-refractivity contribution in [3.63, 3.8) is 0 Å². The van der Waals surface area contributed by atoms with Gasteiger partial charge in [0.15, 0.2) is 0 Å². The average Bonchev–Trinajstić information content (AvgIpc) is 3.20. The molecule has 1 N–H and O–H groups in total. The number of nitrogens with one attached hydrogen (secondary N) is 1. The van der Waals surface area contributed by atoms with Crippen LogP contribution in [0.4, 0.5) is 0 Å². The molecule has 2 aliphatic rings. The molecule has 2 rings (SSSR count). The van der Waals surface area contributed by atoms with Crippen LogP contribution in [-0.4, -0.2) is 37.9 Å². The maximum absolute atomic E-state index is 11.7. The van der Waals surface area contributed by atoms with Crippen molar-refractivity contribution in [3.8, 4) is 0 Å². The molecule has 0 radical (unpaired) electrons. The number of carbonyl (C=O) groups excluding carboxylic acids is 1. The van der Waals surface area contributed by atoms with E-state index in [0.29, 0.717) is 18.8 Å². The summed E-state index contributed by atoms with van der Waals surface area (Å²) in [6, 6.07) is 0.206. The van der Waals surface area contributed by atoms with Gasteiger partial charge in [0.25, 0.3) is 0 Å². The number of ether oxygens (including phenoxy) is 2. The maximum Gasteiger partial charge on any atom is 0.325 e. The third kappa shape index (κ3) is 4.58. The number of carbonyl (C=O) groups is 1. The van der Waals surface area contributed by atoms with Crippen LogP contribution in [0.5, 0.6) is 0 Å². The molecular formula is C14H25NO3. The van der Waals surface area contributed by atoms with Gasteiger partial charge in [-0.15, -0.1) is 0 Å². The van der Waals surface area contributed by atoms with Crippen LogP contribution in [0.25, 0.3) is 0 Å². The molecule has 1 unspecified atom stereocenters. The number of hydrogen-bond donors (Lipinski definition) is 1. The molecule has 2 aliphatic carbocycles. The van der Waals surface area contributed by atoms with Gasteiger partial charge in [-0.1, -0.05) is 25.7 Å². The number of rotatable bonds is 6. The predicted molar refractivity (Wildman–Crippen MR) is 69.4 cm³/mol. The summed E-state index contributed by atoms with van der Waals surface area (Å²) in [5.41, 5.74) is 0. The van der Waals surface area contributed by atoms with Crippen LogP contribution in [-0.2, 0) is 14.3 Å². The van der Waals surface area contributed by atoms with Crippen molar-refractivity contribution in [2.45, 2.75) is 69.6 Å². The Balaban J connectivity index is 1.74. The molecule has 1 atom stereocenters. The van der Waals surface area contributed by atoms with Gasteiger partial charge >= 0.3 is 5.97 Å². The zero-order valence-electron chi connectivity index (χ0n) is 11.3. The monoisotopic (exact) mass is 255 g/mol. The lowest BCUT2D eigenvalue weighted by Gasteiger charge is -2.20. The summed E-state index contributed by atoms with van der Waals surface area (Å²) >= 11 is 0. The van der Waals surface area contributed by atoms with Crippen molar-refractivity contribution in [2.24, 2.45) is 0 Å². The number of hydrogen-bond acceptors (Lipinski definition) is 4. The van der Waals surface area contributed by atoms with E-state index in [0.717, 1.165) is 25.7 Å². The van der Waals surface area contributed by atoms with Crippen molar-refractivity contribution >= 4 is 5.97 Å². The van der Waals surface area contributed by atoms with Gasteiger partial charge in [-0.3, -0.25) is 10.1 Å². The molecular weight excluding hydrogens is 230 g/mol. The Hall–Kier alpha value is -0.610. The highest BCUT2D eigenvalue weighted by Gasteiger charge is 2.29. The van der Waals surface area contributed by atoms with E-state index >= 15 is 0 Å². The minimum absolute atomic E-state index is 0.199. The molecule has 0 amide bonds. The molecule has 2 fully saturated rings. The van der Waals surface area contributed by atoms with Gasteiger partial charge < -0.3 is 9.47 Å². The van der Waals surface area contributed by atoms with Crippen molar-refractivity contribution in [3.05, 3.63) is 0 Å². The molecule has 0 saturated heterocycles. The molecule has 0 bridgehead atoms. The highest BCUT2D eigenvalue weighted by Crippen LogP contribution is 2.22. The predicted octanol–water partition coefficient (Wildman–Crippen LogP) is 2.02. The van der Waals surface area contributed by atoms with Crippen LogP contribution >= 0.6 is 0 Å². The molecule has 0 aromatic carbocycles. The minimum Gasteiger partial charge on any atom is -0.468 e. The third-order valence-electron chi connectivity index (χ3n) is 3.80. The fourth-order valence-corrected chi connectivity index (χ4v) is 2.50. The molecule has 4 heteroatoms. The Morgan fingerprint density at radius 1 is 1.17 bits per heavy atom. The van der Waals surface area contributed by atoms with Crippen molar-refractivity contribution in [1.82, 2.24) is 5.32 Å². The molecule has 0 heterocycles. The van der Waals surface area contributed by atoms with Gasteiger partial charge in [-0.05, 0) is 25.7 Å². The lowest BCUT2D eigenvalue weighted by Crippen LogP contribution is -2.43. The van der Waals surface area contributed by atoms with Crippen LogP contribution in [0, 0.1) is 0 Å². The average molecular weight is 255 g/mol. The first-order valence-corrected chi connectivity index (χ1v) is 7.25. The van der Waals surface area contributed by atoms with E-state index in [-0.39, 0.29) is 12.0 Å². The van der Waals surface area contributed by atoms with Gasteiger partial charge in [0.2, 0.25) is 0 Å². The van der Waals surface area contributed by atoms with E-state index in [1.165, 1.54) is 32.8 Å². The summed E-state index contributed by atoms with van der Waals surface area (Å²) in [5, 5.41) is 3.30. The largest absolute Gasteiger partial charge is 0.468 e. The van der Waals surface area contributed by atoms with Crippen LogP contribution in [0.2, 0.25) is 0 Å². The summed E-state index contributed by atoms with van der Waals surface area (Å²) < 4.78 is 10.7. The topological polar surface area (TPSA) is 47.6 Å². The van der Waals surface area contributed by atoms with Crippen molar-refractivity contribution in [2.75, 3.05) is 13.7 Å². The Morgan fingerprint density at radius 2 is 1.83 bits per heavy atom. The second-order valence-corrected chi connectivity index (χ2v) is 5.46. The SMILES string of the molecule is COC(=O)C(COC1CCCCCC1)NC1CC1. The van der Waals surface area contributed by atoms with Crippen molar-refractivity contribution < 1.29 is 14.3 Å². The summed E-state index contributed by atoms with van der Waals surface area (Å²) in [4.78, 5) is 11.7. The molecule has 104 valence electrons. The fraction of sp³-hybridized carbons (Fsp3) is 0.929. The van der Waals surface area contributed by atoms with E-state index < -0.39 is 0 Å². The Labute approximate surface area is 109 Å². The first-order chi connectivity index (χ1) is 8.79. The lowest BCUT2D eigenvalue weighted by molar-refractivity contribution is -0.145. The number of methoxy groups -OCH3 is 1. The van der Waals surface area contributed by atoms with Crippen LogP contribution < -0.4 is 5.32 Å². The molecule has 0 aromatic heterocycles. The highest BCUT2D eigenvalue weighted by molar-refractivity contribution is 5.75. The number of esters is 1. The normalized spacial score (nSPS) is 23.4. The lowest BCUT2D eigenvalue weighted by atomic mass is 10.1. The van der Waals surface area contributed by atoms with E-state index in [1.54, 1.807) is 0 Å². The van der Waals surface area contributed by atoms with Crippen LogP contribution in [0.15, 0.2) is 0 Å². The van der Waals surface area contributed by atoms with Gasteiger partial charge in [-0.2, -0.15) is 0 Å². The molecule has 0 spiro atoms. The van der Waals surface area contributed by atoms with E-state index in [4.69, 9.17) is 9.47 Å². The van der Waals surface area contributed by atoms with Gasteiger partial charge in [0.05, 0.1) is 19.8 Å². The van der Waals surface area contributed by atoms with Gasteiger partial charge in [-0.25, -0.2) is 0 Å². The van der Waals surface area contributed by atoms with E-state index in [9.17, 15) is 4.79 Å². The first-order valence-electron chi connectivity index (χ1n) is 7.25. The highest BCUT2D eigenvalue weighted by atomic mass is 16.5. The second-order valence-electron chi connectivity index (χ2n) is 5.46. The van der Waals surface area contributed by atoms with E-state index in [1.807, 2.05) is 0 Å². The summed E-state index contributed by atoms with van der Waals surface area (Å²) in [5.74, 6) is -0.199. The Bertz CT molecular complexity index is 258. The van der Waals surface area contributed by atoms with Gasteiger partial charge in [0, 0.05) is 6.04 Å². The quantitative estimate of drug-likeness (QED) is 0.582. The summed E-state index contributed by atoms with van der Waals surface area (Å²) in [7, 11) is 1.44. The summed E-state index contributed by atoms with van der Waals surface area (Å²) in [6.45, 7) is 0.452. The van der Waals surface area contributed by atoms with E-state index in [2.05, 4.69) is 5.32 Å². The van der Waals surface area contributed by atoms with Crippen molar-refractivity contribution in [1.29, 1.82) is 0 Å². The smallest absolute Gasteiger partial charge is 0.325 e. The van der Waals surface area contributed by atoms with Crippen LogP contribution in [0.3, 0.4) is 0 Å². The molecule has 2 saturated carbocycles. The fourth-order valence-electron chi connectivity index (χ4n) is 2.50. The standard InChI is InChI=1S/C14H25NO3/c1-17-14(16)13(15-11-8-9-11)10-18-12-6-4-2-3-5-7-12/h11-13,15H,2-10H2,1H3. The molecule has 18 heavy (non-hydrogen) atoms. The molecule has 0 aromatic rings.